The van der Waals surface area contributed by atoms with Gasteiger partial charge < -0.3 is 10.1 Å². The van der Waals surface area contributed by atoms with Crippen molar-refractivity contribution in [2.24, 2.45) is 0 Å². The van der Waals surface area contributed by atoms with Crippen molar-refractivity contribution in [3.05, 3.63) is 46.2 Å². The van der Waals surface area contributed by atoms with E-state index in [0.29, 0.717) is 17.9 Å². The molecule has 1 aromatic carbocycles. The van der Waals surface area contributed by atoms with Crippen molar-refractivity contribution in [3.63, 3.8) is 0 Å². The molecule has 6 heteroatoms. The number of halogens is 1. The second kappa shape index (κ2) is 6.56. The van der Waals surface area contributed by atoms with E-state index >= 15 is 0 Å². The van der Waals surface area contributed by atoms with Gasteiger partial charge in [0, 0.05) is 18.3 Å². The maximum atomic E-state index is 12.1. The number of carbonyl (C=O) groups is 1. The minimum atomic E-state index is -0.151. The van der Waals surface area contributed by atoms with Crippen LogP contribution in [-0.4, -0.2) is 22.8 Å². The summed E-state index contributed by atoms with van der Waals surface area (Å²) in [6.07, 6.45) is 1.90. The molecule has 2 aromatic rings. The zero-order valence-electron chi connectivity index (χ0n) is 11.4. The summed E-state index contributed by atoms with van der Waals surface area (Å²) >= 11 is 3.43. The average molecular weight is 338 g/mol. The number of aromatic nitrogens is 2. The Kier molecular flexibility index (Phi) is 4.79. The van der Waals surface area contributed by atoms with Crippen molar-refractivity contribution in [1.29, 1.82) is 0 Å². The van der Waals surface area contributed by atoms with Crippen LogP contribution in [0.15, 0.2) is 34.9 Å². The standard InChI is InChI=1S/C14H16BrN3O2/c1-3-18-9-12(15)13(17-18)8-16-14(19)10-5-4-6-11(7-10)20-2/h4-7,9H,3,8H2,1-2H3,(H,16,19). The van der Waals surface area contributed by atoms with E-state index in [4.69, 9.17) is 4.74 Å². The van der Waals surface area contributed by atoms with Crippen molar-refractivity contribution in [2.75, 3.05) is 7.11 Å². The number of ether oxygens (including phenoxy) is 1. The Morgan fingerprint density at radius 3 is 2.95 bits per heavy atom. The smallest absolute Gasteiger partial charge is 0.251 e. The van der Waals surface area contributed by atoms with Gasteiger partial charge in [-0.05, 0) is 41.1 Å². The predicted octanol–water partition coefficient (Wildman–Crippen LogP) is 2.60. The molecule has 0 unspecified atom stereocenters. The number of benzene rings is 1. The van der Waals surface area contributed by atoms with Crippen LogP contribution < -0.4 is 10.1 Å². The lowest BCUT2D eigenvalue weighted by molar-refractivity contribution is 0.0950. The van der Waals surface area contributed by atoms with Crippen LogP contribution in [0.1, 0.15) is 23.0 Å². The van der Waals surface area contributed by atoms with E-state index < -0.39 is 0 Å². The van der Waals surface area contributed by atoms with E-state index in [1.165, 1.54) is 0 Å². The lowest BCUT2D eigenvalue weighted by atomic mass is 10.2. The summed E-state index contributed by atoms with van der Waals surface area (Å²) in [6.45, 7) is 3.18. The van der Waals surface area contributed by atoms with E-state index in [9.17, 15) is 4.79 Å². The average Bonchev–Trinajstić information content (AvgIpc) is 2.85. The van der Waals surface area contributed by atoms with Crippen molar-refractivity contribution in [2.45, 2.75) is 20.0 Å². The molecule has 0 aliphatic heterocycles. The first kappa shape index (κ1) is 14.6. The molecule has 2 rings (SSSR count). The number of aryl methyl sites for hydroxylation is 1. The van der Waals surface area contributed by atoms with Gasteiger partial charge in [0.05, 0.1) is 23.8 Å². The minimum absolute atomic E-state index is 0.151. The molecule has 0 saturated carbocycles. The molecule has 0 bridgehead atoms. The number of nitrogens with one attached hydrogen (secondary N) is 1. The van der Waals surface area contributed by atoms with Crippen molar-refractivity contribution in [1.82, 2.24) is 15.1 Å². The zero-order valence-corrected chi connectivity index (χ0v) is 13.0. The quantitative estimate of drug-likeness (QED) is 0.912. The van der Waals surface area contributed by atoms with E-state index in [1.807, 2.05) is 17.8 Å². The second-order valence-electron chi connectivity index (χ2n) is 4.19. The third-order valence-corrected chi connectivity index (χ3v) is 3.52. The lowest BCUT2D eigenvalue weighted by Gasteiger charge is -2.05. The third kappa shape index (κ3) is 3.39. The van der Waals surface area contributed by atoms with Crippen LogP contribution in [0.2, 0.25) is 0 Å². The second-order valence-corrected chi connectivity index (χ2v) is 5.05. The number of amides is 1. The molecular formula is C14H16BrN3O2. The summed E-state index contributed by atoms with van der Waals surface area (Å²) in [5.74, 6) is 0.510. The summed E-state index contributed by atoms with van der Waals surface area (Å²) in [7, 11) is 1.57. The van der Waals surface area contributed by atoms with Crippen LogP contribution in [0.3, 0.4) is 0 Å². The Labute approximate surface area is 126 Å². The van der Waals surface area contributed by atoms with Crippen LogP contribution in [0, 0.1) is 0 Å². The lowest BCUT2D eigenvalue weighted by Crippen LogP contribution is -2.23. The first-order valence-corrected chi connectivity index (χ1v) is 7.07. The molecule has 1 N–H and O–H groups in total. The van der Waals surface area contributed by atoms with Crippen molar-refractivity contribution < 1.29 is 9.53 Å². The molecule has 1 amide bonds. The Hall–Kier alpha value is -1.82. The normalized spacial score (nSPS) is 10.3. The highest BCUT2D eigenvalue weighted by molar-refractivity contribution is 9.10. The number of carbonyl (C=O) groups excluding carboxylic acids is 1. The Bertz CT molecular complexity index is 610. The van der Waals surface area contributed by atoms with Crippen LogP contribution in [-0.2, 0) is 13.1 Å². The molecule has 20 heavy (non-hydrogen) atoms. The maximum absolute atomic E-state index is 12.1. The largest absolute Gasteiger partial charge is 0.497 e. The molecule has 0 aliphatic carbocycles. The molecule has 0 saturated heterocycles. The van der Waals surface area contributed by atoms with Gasteiger partial charge in [-0.15, -0.1) is 0 Å². The van der Waals surface area contributed by atoms with Crippen LogP contribution >= 0.6 is 15.9 Å². The summed E-state index contributed by atoms with van der Waals surface area (Å²) < 4.78 is 7.81. The van der Waals surface area contributed by atoms with Gasteiger partial charge in [-0.3, -0.25) is 9.48 Å². The number of nitrogens with zero attached hydrogens (tertiary/aromatic N) is 2. The first-order chi connectivity index (χ1) is 9.63. The van der Waals surface area contributed by atoms with E-state index in [0.717, 1.165) is 16.7 Å². The Balaban J connectivity index is 2.02. The first-order valence-electron chi connectivity index (χ1n) is 6.28. The molecule has 0 atom stereocenters. The van der Waals surface area contributed by atoms with Crippen LogP contribution in [0.4, 0.5) is 0 Å². The maximum Gasteiger partial charge on any atom is 0.251 e. The monoisotopic (exact) mass is 337 g/mol. The number of methoxy groups -OCH3 is 1. The highest BCUT2D eigenvalue weighted by Gasteiger charge is 2.10. The molecule has 1 aromatic heterocycles. The fourth-order valence-corrected chi connectivity index (χ4v) is 2.21. The summed E-state index contributed by atoms with van der Waals surface area (Å²) in [6, 6.07) is 7.04. The molecule has 0 radical (unpaired) electrons. The van der Waals surface area contributed by atoms with E-state index in [1.54, 1.807) is 31.4 Å². The van der Waals surface area contributed by atoms with Crippen molar-refractivity contribution in [3.8, 4) is 5.75 Å². The molecule has 1 heterocycles. The molecule has 0 spiro atoms. The van der Waals surface area contributed by atoms with E-state index in [-0.39, 0.29) is 5.91 Å². The highest BCUT2D eigenvalue weighted by atomic mass is 79.9. The Morgan fingerprint density at radius 2 is 2.30 bits per heavy atom. The minimum Gasteiger partial charge on any atom is -0.497 e. The molecule has 0 aliphatic rings. The molecule has 0 fully saturated rings. The molecular weight excluding hydrogens is 322 g/mol. The summed E-state index contributed by atoms with van der Waals surface area (Å²) in [5, 5.41) is 7.20. The van der Waals surface area contributed by atoms with Gasteiger partial charge in [-0.1, -0.05) is 6.07 Å². The third-order valence-electron chi connectivity index (χ3n) is 2.86. The highest BCUT2D eigenvalue weighted by Crippen LogP contribution is 2.15. The van der Waals surface area contributed by atoms with Gasteiger partial charge >= 0.3 is 0 Å². The van der Waals surface area contributed by atoms with Crippen molar-refractivity contribution >= 4 is 21.8 Å². The van der Waals surface area contributed by atoms with Gasteiger partial charge in [0.2, 0.25) is 0 Å². The number of hydrogen-bond donors (Lipinski definition) is 1. The Morgan fingerprint density at radius 1 is 1.50 bits per heavy atom. The predicted molar refractivity (Wildman–Crippen MR) is 79.8 cm³/mol. The van der Waals surface area contributed by atoms with Gasteiger partial charge in [0.15, 0.2) is 0 Å². The van der Waals surface area contributed by atoms with Gasteiger partial charge in [-0.2, -0.15) is 5.10 Å². The van der Waals surface area contributed by atoms with Gasteiger partial charge in [0.25, 0.3) is 5.91 Å². The van der Waals surface area contributed by atoms with Gasteiger partial charge in [0.1, 0.15) is 5.75 Å². The molecule has 106 valence electrons. The van der Waals surface area contributed by atoms with Gasteiger partial charge in [-0.25, -0.2) is 0 Å². The zero-order chi connectivity index (χ0) is 14.5. The molecule has 5 nitrogen and oxygen atoms in total. The summed E-state index contributed by atoms with van der Waals surface area (Å²) in [5.41, 5.74) is 1.37. The number of rotatable bonds is 5. The van der Waals surface area contributed by atoms with Crippen LogP contribution in [0.25, 0.3) is 0 Å². The fourth-order valence-electron chi connectivity index (χ4n) is 1.75. The van der Waals surface area contributed by atoms with Crippen LogP contribution in [0.5, 0.6) is 5.75 Å². The summed E-state index contributed by atoms with van der Waals surface area (Å²) in [4.78, 5) is 12.1. The SMILES string of the molecule is CCn1cc(Br)c(CNC(=O)c2cccc(OC)c2)n1. The number of hydrogen-bond acceptors (Lipinski definition) is 3. The fraction of sp³-hybridized carbons (Fsp3) is 0.286. The van der Waals surface area contributed by atoms with E-state index in [2.05, 4.69) is 26.3 Å². The topological polar surface area (TPSA) is 56.2 Å².